The number of anilines is 1. The fourth-order valence-electron chi connectivity index (χ4n) is 2.31. The number of nitrogens with one attached hydrogen (secondary N) is 1. The molecule has 0 aliphatic heterocycles. The van der Waals surface area contributed by atoms with E-state index in [4.69, 9.17) is 23.2 Å². The smallest absolute Gasteiger partial charge is 0.0661 e. The van der Waals surface area contributed by atoms with Crippen molar-refractivity contribution in [2.24, 2.45) is 0 Å². The predicted octanol–water partition coefficient (Wildman–Crippen LogP) is 5.06. The monoisotopic (exact) mass is 304 g/mol. The molecule has 20 heavy (non-hydrogen) atoms. The van der Waals surface area contributed by atoms with Crippen LogP contribution in [0, 0.1) is 0 Å². The fourth-order valence-corrected chi connectivity index (χ4v) is 2.77. The minimum Gasteiger partial charge on any atom is -0.383 e. The lowest BCUT2D eigenvalue weighted by Crippen LogP contribution is -2.09. The van der Waals surface area contributed by atoms with Crippen LogP contribution in [0.3, 0.4) is 0 Å². The van der Waals surface area contributed by atoms with E-state index in [0.717, 1.165) is 39.7 Å². The quantitative estimate of drug-likeness (QED) is 0.713. The van der Waals surface area contributed by atoms with Gasteiger partial charge in [0.15, 0.2) is 0 Å². The van der Waals surface area contributed by atoms with Crippen LogP contribution < -0.4 is 5.32 Å². The molecule has 0 aliphatic rings. The van der Waals surface area contributed by atoms with Crippen molar-refractivity contribution in [3.63, 3.8) is 0 Å². The van der Waals surface area contributed by atoms with Crippen LogP contribution in [-0.2, 0) is 6.54 Å². The average molecular weight is 305 g/mol. The van der Waals surface area contributed by atoms with Crippen molar-refractivity contribution in [3.8, 4) is 0 Å². The molecular weight excluding hydrogens is 291 g/mol. The molecule has 0 unspecified atom stereocenters. The van der Waals surface area contributed by atoms with E-state index in [9.17, 15) is 0 Å². The normalized spacial score (nSPS) is 10.9. The Balaban J connectivity index is 1.71. The summed E-state index contributed by atoms with van der Waals surface area (Å²) in [6.07, 6.45) is 1.98. The number of aromatic nitrogens is 1. The zero-order valence-electron chi connectivity index (χ0n) is 10.8. The third kappa shape index (κ3) is 2.77. The summed E-state index contributed by atoms with van der Waals surface area (Å²) in [6, 6.07) is 15.9. The van der Waals surface area contributed by atoms with Gasteiger partial charge < -0.3 is 9.88 Å². The number of nitrogens with zero attached hydrogens (tertiary/aromatic N) is 1. The summed E-state index contributed by atoms with van der Waals surface area (Å²) in [5.74, 6) is 0. The molecule has 0 radical (unpaired) electrons. The zero-order valence-corrected chi connectivity index (χ0v) is 12.3. The molecule has 0 bridgehead atoms. The molecule has 4 heteroatoms. The standard InChI is InChI=1S/C16H14Cl2N2/c17-12-4-3-5-13(10-12)19-8-9-20-11-15(18)14-6-1-2-7-16(14)20/h1-7,10-11,19H,8-9H2. The van der Waals surface area contributed by atoms with E-state index < -0.39 is 0 Å². The molecule has 1 heterocycles. The number of benzene rings is 2. The van der Waals surface area contributed by atoms with Gasteiger partial charge in [-0.1, -0.05) is 47.5 Å². The molecule has 1 N–H and O–H groups in total. The van der Waals surface area contributed by atoms with E-state index in [1.165, 1.54) is 0 Å². The highest BCUT2D eigenvalue weighted by Crippen LogP contribution is 2.25. The summed E-state index contributed by atoms with van der Waals surface area (Å²) < 4.78 is 2.16. The molecule has 0 aliphatic carbocycles. The molecule has 102 valence electrons. The van der Waals surface area contributed by atoms with Crippen LogP contribution in [0.5, 0.6) is 0 Å². The van der Waals surface area contributed by atoms with Gasteiger partial charge in [-0.25, -0.2) is 0 Å². The lowest BCUT2D eigenvalue weighted by molar-refractivity contribution is 0.757. The van der Waals surface area contributed by atoms with E-state index in [2.05, 4.69) is 16.0 Å². The van der Waals surface area contributed by atoms with Gasteiger partial charge in [-0.2, -0.15) is 0 Å². The summed E-state index contributed by atoms with van der Waals surface area (Å²) in [5, 5.41) is 5.99. The Morgan fingerprint density at radius 2 is 1.85 bits per heavy atom. The first-order chi connectivity index (χ1) is 9.74. The lowest BCUT2D eigenvalue weighted by Gasteiger charge is -2.08. The summed E-state index contributed by atoms with van der Waals surface area (Å²) in [7, 11) is 0. The Morgan fingerprint density at radius 3 is 2.70 bits per heavy atom. The van der Waals surface area contributed by atoms with E-state index in [1.807, 2.05) is 48.7 Å². The molecule has 0 amide bonds. The molecule has 0 fully saturated rings. The van der Waals surface area contributed by atoms with E-state index in [0.29, 0.717) is 0 Å². The van der Waals surface area contributed by atoms with Gasteiger partial charge in [0.25, 0.3) is 0 Å². The second kappa shape index (κ2) is 5.78. The van der Waals surface area contributed by atoms with E-state index in [-0.39, 0.29) is 0 Å². The van der Waals surface area contributed by atoms with Crippen molar-refractivity contribution in [2.75, 3.05) is 11.9 Å². The SMILES string of the molecule is Clc1cccc(NCCn2cc(Cl)c3ccccc32)c1. The Labute approximate surface area is 127 Å². The van der Waals surface area contributed by atoms with Gasteiger partial charge >= 0.3 is 0 Å². The van der Waals surface area contributed by atoms with E-state index in [1.54, 1.807) is 0 Å². The summed E-state index contributed by atoms with van der Waals surface area (Å²) in [4.78, 5) is 0. The summed E-state index contributed by atoms with van der Waals surface area (Å²) in [6.45, 7) is 1.66. The van der Waals surface area contributed by atoms with Gasteiger partial charge in [0.2, 0.25) is 0 Å². The van der Waals surface area contributed by atoms with Crippen molar-refractivity contribution >= 4 is 39.8 Å². The number of rotatable bonds is 4. The first kappa shape index (κ1) is 13.3. The zero-order chi connectivity index (χ0) is 13.9. The second-order valence-electron chi connectivity index (χ2n) is 4.62. The van der Waals surface area contributed by atoms with E-state index >= 15 is 0 Å². The summed E-state index contributed by atoms with van der Waals surface area (Å²) in [5.41, 5.74) is 2.19. The fraction of sp³-hybridized carbons (Fsp3) is 0.125. The molecule has 3 rings (SSSR count). The maximum atomic E-state index is 6.24. The van der Waals surface area contributed by atoms with Crippen LogP contribution in [0.1, 0.15) is 0 Å². The number of hydrogen-bond acceptors (Lipinski definition) is 1. The highest BCUT2D eigenvalue weighted by Gasteiger charge is 2.05. The number of fused-ring (bicyclic) bond motifs is 1. The molecule has 0 atom stereocenters. The van der Waals surface area contributed by atoms with Crippen LogP contribution in [0.2, 0.25) is 10.0 Å². The molecule has 0 spiro atoms. The topological polar surface area (TPSA) is 17.0 Å². The average Bonchev–Trinajstić information content (AvgIpc) is 2.77. The van der Waals surface area contributed by atoms with Crippen LogP contribution >= 0.6 is 23.2 Å². The minimum absolute atomic E-state index is 0.740. The van der Waals surface area contributed by atoms with Gasteiger partial charge in [-0.3, -0.25) is 0 Å². The number of halogens is 2. The Morgan fingerprint density at radius 1 is 1.00 bits per heavy atom. The van der Waals surface area contributed by atoms with Crippen LogP contribution in [0.25, 0.3) is 10.9 Å². The van der Waals surface area contributed by atoms with Gasteiger partial charge in [-0.15, -0.1) is 0 Å². The van der Waals surface area contributed by atoms with Crippen molar-refractivity contribution in [1.29, 1.82) is 0 Å². The third-order valence-electron chi connectivity index (χ3n) is 3.25. The lowest BCUT2D eigenvalue weighted by atomic mass is 10.2. The van der Waals surface area contributed by atoms with Crippen molar-refractivity contribution < 1.29 is 0 Å². The highest BCUT2D eigenvalue weighted by atomic mass is 35.5. The maximum Gasteiger partial charge on any atom is 0.0661 e. The molecule has 2 nitrogen and oxygen atoms in total. The maximum absolute atomic E-state index is 6.24. The molecule has 3 aromatic rings. The predicted molar refractivity (Wildman–Crippen MR) is 86.9 cm³/mol. The van der Waals surface area contributed by atoms with Crippen LogP contribution in [-0.4, -0.2) is 11.1 Å². The van der Waals surface area contributed by atoms with Gasteiger partial charge in [0.1, 0.15) is 0 Å². The first-order valence-corrected chi connectivity index (χ1v) is 7.22. The first-order valence-electron chi connectivity index (χ1n) is 6.47. The van der Waals surface area contributed by atoms with Crippen molar-refractivity contribution in [2.45, 2.75) is 6.54 Å². The number of hydrogen-bond donors (Lipinski definition) is 1. The molecule has 1 aromatic heterocycles. The molecule has 0 saturated carbocycles. The van der Waals surface area contributed by atoms with Crippen molar-refractivity contribution in [1.82, 2.24) is 4.57 Å². The van der Waals surface area contributed by atoms with Crippen LogP contribution in [0.4, 0.5) is 5.69 Å². The van der Waals surface area contributed by atoms with Gasteiger partial charge in [-0.05, 0) is 24.3 Å². The Hall–Kier alpha value is -1.64. The van der Waals surface area contributed by atoms with Crippen LogP contribution in [0.15, 0.2) is 54.7 Å². The molecular formula is C16H14Cl2N2. The summed E-state index contributed by atoms with van der Waals surface area (Å²) >= 11 is 12.2. The second-order valence-corrected chi connectivity index (χ2v) is 5.47. The molecule has 0 saturated heterocycles. The van der Waals surface area contributed by atoms with Gasteiger partial charge in [0, 0.05) is 40.9 Å². The third-order valence-corrected chi connectivity index (χ3v) is 3.78. The Kier molecular flexibility index (Phi) is 3.86. The Bertz CT molecular complexity index is 734. The highest BCUT2D eigenvalue weighted by molar-refractivity contribution is 6.35. The van der Waals surface area contributed by atoms with Gasteiger partial charge in [0.05, 0.1) is 5.02 Å². The molecule has 2 aromatic carbocycles. The minimum atomic E-state index is 0.740. The largest absolute Gasteiger partial charge is 0.383 e. The number of para-hydroxylation sites is 1. The van der Waals surface area contributed by atoms with Crippen molar-refractivity contribution in [3.05, 3.63) is 64.8 Å².